The van der Waals surface area contributed by atoms with Gasteiger partial charge in [-0.05, 0) is 54.8 Å². The first-order valence-corrected chi connectivity index (χ1v) is 12.4. The van der Waals surface area contributed by atoms with Crippen molar-refractivity contribution in [1.29, 1.82) is 0 Å². The molecule has 0 bridgehead atoms. The minimum atomic E-state index is -3.87. The van der Waals surface area contributed by atoms with Crippen LogP contribution in [0.1, 0.15) is 38.7 Å². The van der Waals surface area contributed by atoms with Gasteiger partial charge in [-0.25, -0.2) is 8.42 Å². The van der Waals surface area contributed by atoms with E-state index in [0.29, 0.717) is 11.3 Å². The van der Waals surface area contributed by atoms with Crippen LogP contribution in [0.4, 0.5) is 5.69 Å². The summed E-state index contributed by atoms with van der Waals surface area (Å²) in [6.45, 7) is 3.72. The van der Waals surface area contributed by atoms with Gasteiger partial charge in [0, 0.05) is 11.3 Å². The minimum Gasteiger partial charge on any atom is -0.341 e. The number of hydrogen-bond acceptors (Lipinski definition) is 3. The fourth-order valence-electron chi connectivity index (χ4n) is 3.73. The van der Waals surface area contributed by atoms with Crippen molar-refractivity contribution in [1.82, 2.24) is 5.32 Å². The maximum absolute atomic E-state index is 13.3. The van der Waals surface area contributed by atoms with Gasteiger partial charge in [-0.3, -0.25) is 9.52 Å². The number of anilines is 1. The Bertz CT molecular complexity index is 1390. The third kappa shape index (κ3) is 5.35. The number of carbonyl (C=O) groups is 1. The van der Waals surface area contributed by atoms with Crippen LogP contribution in [-0.4, -0.2) is 14.3 Å². The molecule has 0 spiro atoms. The zero-order chi connectivity index (χ0) is 24.1. The van der Waals surface area contributed by atoms with Crippen LogP contribution in [0.5, 0.6) is 0 Å². The number of hydrogen-bond donors (Lipinski definition) is 2. The van der Waals surface area contributed by atoms with E-state index >= 15 is 0 Å². The molecule has 0 aliphatic heterocycles. The highest BCUT2D eigenvalue weighted by atomic mass is 32.2. The van der Waals surface area contributed by atoms with Crippen LogP contribution in [0, 0.1) is 13.8 Å². The molecular formula is C28H26N2O3S. The van der Waals surface area contributed by atoms with Crippen LogP contribution < -0.4 is 10.0 Å². The average molecular weight is 471 g/mol. The summed E-state index contributed by atoms with van der Waals surface area (Å²) in [5.41, 5.74) is 4.29. The molecule has 0 unspecified atom stereocenters. The molecular weight excluding hydrogens is 444 g/mol. The molecule has 0 aliphatic rings. The SMILES string of the molecule is Cc1ccc([C@@H](NC(=O)c2ccc(C)c(S(=O)(=O)Nc3ccccc3)c2)c2ccccc2)cc1. The number of amides is 1. The van der Waals surface area contributed by atoms with E-state index in [1.807, 2.05) is 67.6 Å². The Morgan fingerprint density at radius 2 is 1.32 bits per heavy atom. The molecule has 0 aromatic heterocycles. The second-order valence-corrected chi connectivity index (χ2v) is 9.83. The van der Waals surface area contributed by atoms with Gasteiger partial charge in [-0.1, -0.05) is 84.4 Å². The van der Waals surface area contributed by atoms with Gasteiger partial charge in [-0.2, -0.15) is 0 Å². The smallest absolute Gasteiger partial charge is 0.262 e. The van der Waals surface area contributed by atoms with Gasteiger partial charge < -0.3 is 5.32 Å². The minimum absolute atomic E-state index is 0.0654. The van der Waals surface area contributed by atoms with E-state index < -0.39 is 10.0 Å². The Balaban J connectivity index is 1.65. The van der Waals surface area contributed by atoms with Crippen LogP contribution in [-0.2, 0) is 10.0 Å². The summed E-state index contributed by atoms with van der Waals surface area (Å²) in [7, 11) is -3.87. The molecule has 0 saturated heterocycles. The maximum atomic E-state index is 13.3. The van der Waals surface area contributed by atoms with Crippen molar-refractivity contribution in [2.75, 3.05) is 4.72 Å². The first kappa shape index (κ1) is 23.3. The summed E-state index contributed by atoms with van der Waals surface area (Å²) >= 11 is 0. The van der Waals surface area contributed by atoms with Gasteiger partial charge in [0.2, 0.25) is 0 Å². The number of carbonyl (C=O) groups excluding carboxylic acids is 1. The highest BCUT2D eigenvalue weighted by Crippen LogP contribution is 2.25. The van der Waals surface area contributed by atoms with Crippen LogP contribution in [0.25, 0.3) is 0 Å². The molecule has 1 amide bonds. The van der Waals surface area contributed by atoms with Gasteiger partial charge in [0.1, 0.15) is 0 Å². The molecule has 172 valence electrons. The van der Waals surface area contributed by atoms with E-state index in [1.165, 1.54) is 6.07 Å². The Morgan fingerprint density at radius 1 is 0.735 bits per heavy atom. The molecule has 0 heterocycles. The van der Waals surface area contributed by atoms with Crippen molar-refractivity contribution in [3.8, 4) is 0 Å². The number of nitrogens with one attached hydrogen (secondary N) is 2. The fourth-order valence-corrected chi connectivity index (χ4v) is 5.06. The second kappa shape index (κ2) is 9.93. The Morgan fingerprint density at radius 3 is 1.97 bits per heavy atom. The molecule has 6 heteroatoms. The maximum Gasteiger partial charge on any atom is 0.262 e. The predicted octanol–water partition coefficient (Wildman–Crippen LogP) is 5.62. The normalized spacial score (nSPS) is 12.1. The standard InChI is InChI=1S/C28H26N2O3S/c1-20-13-16-23(17-14-20)27(22-9-5-3-6-10-22)29-28(31)24-18-15-21(2)26(19-24)34(32,33)30-25-11-7-4-8-12-25/h3-19,27,30H,1-2H3,(H,29,31)/t27-/m0/s1. The Labute approximate surface area is 200 Å². The molecule has 2 N–H and O–H groups in total. The number of rotatable bonds is 7. The second-order valence-electron chi connectivity index (χ2n) is 8.18. The van der Waals surface area contributed by atoms with E-state index in [2.05, 4.69) is 10.0 Å². The zero-order valence-corrected chi connectivity index (χ0v) is 19.8. The van der Waals surface area contributed by atoms with Crippen molar-refractivity contribution < 1.29 is 13.2 Å². The van der Waals surface area contributed by atoms with Gasteiger partial charge in [-0.15, -0.1) is 0 Å². The quantitative estimate of drug-likeness (QED) is 0.368. The third-order valence-corrected chi connectivity index (χ3v) is 7.11. The van der Waals surface area contributed by atoms with Crippen molar-refractivity contribution >= 4 is 21.6 Å². The number of aryl methyl sites for hydroxylation is 2. The first-order chi connectivity index (χ1) is 16.3. The predicted molar refractivity (Wildman–Crippen MR) is 135 cm³/mol. The summed E-state index contributed by atoms with van der Waals surface area (Å²) in [6, 6.07) is 30.7. The van der Waals surface area contributed by atoms with Gasteiger partial charge in [0.05, 0.1) is 10.9 Å². The Kier molecular flexibility index (Phi) is 6.80. The van der Waals surface area contributed by atoms with Crippen molar-refractivity contribution in [2.24, 2.45) is 0 Å². The highest BCUT2D eigenvalue weighted by Gasteiger charge is 2.22. The van der Waals surface area contributed by atoms with Crippen LogP contribution >= 0.6 is 0 Å². The van der Waals surface area contributed by atoms with E-state index in [-0.39, 0.29) is 22.4 Å². The first-order valence-electron chi connectivity index (χ1n) is 10.9. The Hall–Kier alpha value is -3.90. The molecule has 4 aromatic carbocycles. The summed E-state index contributed by atoms with van der Waals surface area (Å²) in [6.07, 6.45) is 0. The van der Waals surface area contributed by atoms with E-state index in [4.69, 9.17) is 0 Å². The fraction of sp³-hybridized carbons (Fsp3) is 0.107. The summed E-state index contributed by atoms with van der Waals surface area (Å²) < 4.78 is 28.7. The molecule has 0 saturated carbocycles. The largest absolute Gasteiger partial charge is 0.341 e. The topological polar surface area (TPSA) is 75.3 Å². The van der Waals surface area contributed by atoms with E-state index in [1.54, 1.807) is 43.3 Å². The lowest BCUT2D eigenvalue weighted by molar-refractivity contribution is 0.0942. The van der Waals surface area contributed by atoms with Gasteiger partial charge in [0.15, 0.2) is 0 Å². The van der Waals surface area contributed by atoms with Crippen molar-refractivity contribution in [3.05, 3.63) is 131 Å². The summed E-state index contributed by atoms with van der Waals surface area (Å²) in [5, 5.41) is 3.08. The van der Waals surface area contributed by atoms with Crippen molar-refractivity contribution in [3.63, 3.8) is 0 Å². The molecule has 4 aromatic rings. The lowest BCUT2D eigenvalue weighted by Gasteiger charge is -2.20. The van der Waals surface area contributed by atoms with Crippen LogP contribution in [0.2, 0.25) is 0 Å². The highest BCUT2D eigenvalue weighted by molar-refractivity contribution is 7.92. The van der Waals surface area contributed by atoms with Gasteiger partial charge >= 0.3 is 0 Å². The lowest BCUT2D eigenvalue weighted by Crippen LogP contribution is -2.29. The molecule has 0 fully saturated rings. The molecule has 5 nitrogen and oxygen atoms in total. The molecule has 0 radical (unpaired) electrons. The molecule has 34 heavy (non-hydrogen) atoms. The number of para-hydroxylation sites is 1. The number of benzene rings is 4. The lowest BCUT2D eigenvalue weighted by atomic mass is 9.97. The molecule has 4 rings (SSSR count). The van der Waals surface area contributed by atoms with Crippen molar-refractivity contribution in [2.45, 2.75) is 24.8 Å². The monoisotopic (exact) mass is 470 g/mol. The molecule has 1 atom stereocenters. The number of sulfonamides is 1. The third-order valence-electron chi connectivity index (χ3n) is 5.58. The zero-order valence-electron chi connectivity index (χ0n) is 19.0. The average Bonchev–Trinajstić information content (AvgIpc) is 2.84. The molecule has 0 aliphatic carbocycles. The van der Waals surface area contributed by atoms with Crippen LogP contribution in [0.15, 0.2) is 108 Å². The van der Waals surface area contributed by atoms with E-state index in [9.17, 15) is 13.2 Å². The summed E-state index contributed by atoms with van der Waals surface area (Å²) in [5.74, 6) is -0.356. The summed E-state index contributed by atoms with van der Waals surface area (Å²) in [4.78, 5) is 13.4. The van der Waals surface area contributed by atoms with Crippen LogP contribution in [0.3, 0.4) is 0 Å². The van der Waals surface area contributed by atoms with E-state index in [0.717, 1.165) is 16.7 Å². The van der Waals surface area contributed by atoms with Gasteiger partial charge in [0.25, 0.3) is 15.9 Å².